The lowest BCUT2D eigenvalue weighted by Gasteiger charge is -2.28. The molecule has 0 saturated carbocycles. The second-order valence-electron chi connectivity index (χ2n) is 7.06. The van der Waals surface area contributed by atoms with Gasteiger partial charge in [-0.05, 0) is 36.4 Å². The van der Waals surface area contributed by atoms with Gasteiger partial charge in [0.1, 0.15) is 17.2 Å². The molecule has 3 aromatic carbocycles. The van der Waals surface area contributed by atoms with E-state index in [4.69, 9.17) is 9.57 Å². The number of anilines is 1. The summed E-state index contributed by atoms with van der Waals surface area (Å²) < 4.78 is 100.0. The average molecular weight is 535 g/mol. The Morgan fingerprint density at radius 2 is 1.32 bits per heavy atom. The summed E-state index contributed by atoms with van der Waals surface area (Å²) in [6.07, 6.45) is -16.8. The summed E-state index contributed by atoms with van der Waals surface area (Å²) in [5.41, 5.74) is 0.00552. The summed E-state index contributed by atoms with van der Waals surface area (Å²) in [5, 5.41) is 10.2. The van der Waals surface area contributed by atoms with E-state index in [1.165, 1.54) is 30.3 Å². The zero-order valence-electron chi connectivity index (χ0n) is 19.6. The Morgan fingerprint density at radius 1 is 0.757 bits per heavy atom. The van der Waals surface area contributed by atoms with Gasteiger partial charge in [-0.3, -0.25) is 0 Å². The summed E-state index contributed by atoms with van der Waals surface area (Å²) in [6, 6.07) is 18.1. The predicted octanol–water partition coefficient (Wildman–Crippen LogP) is 7.47. The van der Waals surface area contributed by atoms with Gasteiger partial charge in [0.05, 0.1) is 12.2 Å². The van der Waals surface area contributed by atoms with Crippen LogP contribution >= 0.6 is 0 Å². The Labute approximate surface area is 208 Å². The number of alkyl halides is 7. The van der Waals surface area contributed by atoms with E-state index < -0.39 is 37.1 Å². The molecule has 1 N–H and O–H groups in total. The van der Waals surface area contributed by atoms with Gasteiger partial charge in [0.2, 0.25) is 0 Å². The molecule has 0 spiro atoms. The number of halogens is 7. The Hall–Kier alpha value is -3.67. The number of para-hydroxylation sites is 1. The Morgan fingerprint density at radius 3 is 1.95 bits per heavy atom. The number of aliphatic hydroxyl groups excluding tert-OH is 1. The van der Waals surface area contributed by atoms with E-state index in [1.54, 1.807) is 30.3 Å². The van der Waals surface area contributed by atoms with Gasteiger partial charge in [-0.25, -0.2) is 5.06 Å². The van der Waals surface area contributed by atoms with Crippen LogP contribution in [0.5, 0.6) is 23.0 Å². The maximum absolute atomic E-state index is 13.2. The monoisotopic (exact) mass is 535 g/mol. The second-order valence-corrected chi connectivity index (χ2v) is 7.06. The Kier molecular flexibility index (Phi) is 10.4. The fraction of sp³-hybridized carbons (Fsp3) is 0.280. The minimum Gasteiger partial charge on any atom is -0.457 e. The third-order valence-corrected chi connectivity index (χ3v) is 4.33. The van der Waals surface area contributed by atoms with E-state index in [9.17, 15) is 35.8 Å². The zero-order valence-corrected chi connectivity index (χ0v) is 19.6. The molecule has 12 heteroatoms. The first-order chi connectivity index (χ1) is 17.4. The van der Waals surface area contributed by atoms with Crippen molar-refractivity contribution < 1.29 is 50.2 Å². The molecule has 3 rings (SSSR count). The molecule has 0 aromatic heterocycles. The molecule has 0 aliphatic heterocycles. The van der Waals surface area contributed by atoms with Crippen LogP contribution in [0, 0.1) is 0 Å². The smallest absolute Gasteiger partial charge is 0.457 e. The van der Waals surface area contributed by atoms with E-state index in [0.29, 0.717) is 10.8 Å². The molecule has 0 heterocycles. The van der Waals surface area contributed by atoms with Crippen molar-refractivity contribution in [3.63, 3.8) is 0 Å². The van der Waals surface area contributed by atoms with Crippen LogP contribution in [0.3, 0.4) is 0 Å². The van der Waals surface area contributed by atoms with Crippen molar-refractivity contribution in [1.82, 2.24) is 0 Å². The molecule has 0 aliphatic carbocycles. The van der Waals surface area contributed by atoms with E-state index in [0.717, 1.165) is 18.2 Å². The van der Waals surface area contributed by atoms with E-state index in [1.807, 2.05) is 13.8 Å². The molecule has 0 bridgehead atoms. The molecule has 3 aromatic rings. The molecule has 0 unspecified atom stereocenters. The number of hydrogen-bond acceptors (Lipinski definition) is 5. The highest BCUT2D eigenvalue weighted by atomic mass is 19.4. The minimum atomic E-state index is -5.00. The number of hydrogen-bond donors (Lipinski definition) is 1. The summed E-state index contributed by atoms with van der Waals surface area (Å²) in [7, 11) is 0. The fourth-order valence-corrected chi connectivity index (χ4v) is 2.71. The van der Waals surface area contributed by atoms with Crippen molar-refractivity contribution in [1.29, 1.82) is 0 Å². The Balaban J connectivity index is 0.00000235. The first kappa shape index (κ1) is 29.6. The van der Waals surface area contributed by atoms with Gasteiger partial charge in [-0.15, -0.1) is 0 Å². The maximum Gasteiger partial charge on any atom is 0.461 e. The van der Waals surface area contributed by atoms with Gasteiger partial charge >= 0.3 is 18.7 Å². The van der Waals surface area contributed by atoms with Gasteiger partial charge in [0, 0.05) is 12.1 Å². The molecule has 37 heavy (non-hydrogen) atoms. The molecule has 0 saturated heterocycles. The molecule has 5 nitrogen and oxygen atoms in total. The van der Waals surface area contributed by atoms with Crippen molar-refractivity contribution in [2.45, 2.75) is 38.7 Å². The zero-order chi connectivity index (χ0) is 27.6. The highest BCUT2D eigenvalue weighted by Crippen LogP contribution is 2.32. The van der Waals surface area contributed by atoms with Gasteiger partial charge in [-0.1, -0.05) is 44.2 Å². The van der Waals surface area contributed by atoms with Gasteiger partial charge in [-0.2, -0.15) is 30.7 Å². The molecule has 0 radical (unpaired) electrons. The predicted molar refractivity (Wildman–Crippen MR) is 122 cm³/mol. The van der Waals surface area contributed by atoms with Gasteiger partial charge in [0.15, 0.2) is 11.9 Å². The first-order valence-electron chi connectivity index (χ1n) is 10.9. The van der Waals surface area contributed by atoms with Crippen LogP contribution < -0.4 is 19.4 Å². The number of nitrogens with zero attached hydrogens (tertiary/aromatic N) is 1. The first-order valence-corrected chi connectivity index (χ1v) is 10.9. The van der Waals surface area contributed by atoms with E-state index >= 15 is 0 Å². The molecule has 202 valence electrons. The summed E-state index contributed by atoms with van der Waals surface area (Å²) in [6.45, 7) is 2.89. The Bertz CT molecular complexity index is 1100. The van der Waals surface area contributed by atoms with E-state index in [2.05, 4.69) is 4.74 Å². The molecule has 0 amide bonds. The lowest BCUT2D eigenvalue weighted by atomic mass is 10.2. The number of hydroxylamine groups is 1. The maximum atomic E-state index is 13.2. The minimum absolute atomic E-state index is 0.00552. The number of rotatable bonds is 10. The van der Waals surface area contributed by atoms with Crippen molar-refractivity contribution in [2.75, 3.05) is 11.6 Å². The lowest BCUT2D eigenvalue weighted by molar-refractivity contribution is -0.253. The van der Waals surface area contributed by atoms with Crippen LogP contribution in [0.25, 0.3) is 0 Å². The average Bonchev–Trinajstić information content (AvgIpc) is 2.85. The molecule has 0 fully saturated rings. The molecular formula is C25H24F7NO4. The van der Waals surface area contributed by atoms with Crippen molar-refractivity contribution in [3.8, 4) is 23.0 Å². The van der Waals surface area contributed by atoms with E-state index in [-0.39, 0.29) is 17.2 Å². The largest absolute Gasteiger partial charge is 0.461 e. The molecule has 1 atom stereocenters. The van der Waals surface area contributed by atoms with Crippen LogP contribution in [-0.2, 0) is 0 Å². The molecule has 0 aliphatic rings. The summed E-state index contributed by atoms with van der Waals surface area (Å²) in [4.78, 5) is 5.39. The van der Waals surface area contributed by atoms with Crippen LogP contribution in [-0.4, -0.2) is 36.5 Å². The van der Waals surface area contributed by atoms with Crippen LogP contribution in [0.4, 0.5) is 36.4 Å². The lowest BCUT2D eigenvalue weighted by Crippen LogP contribution is -2.42. The normalized spacial score (nSPS) is 12.3. The summed E-state index contributed by atoms with van der Waals surface area (Å²) >= 11 is 0. The quantitative estimate of drug-likeness (QED) is 0.216. The SMILES string of the molecule is CC.O[C@H](CN(Oc1cccc(OC(F)(F)C(F)F)c1)c1cccc(Oc2ccccc2)c1)C(F)(F)F. The highest BCUT2D eigenvalue weighted by Gasteiger charge is 2.44. The van der Waals surface area contributed by atoms with Crippen LogP contribution in [0.15, 0.2) is 78.9 Å². The number of ether oxygens (including phenoxy) is 2. The topological polar surface area (TPSA) is 51.2 Å². The number of aliphatic hydroxyl groups is 1. The van der Waals surface area contributed by atoms with Crippen molar-refractivity contribution >= 4 is 5.69 Å². The van der Waals surface area contributed by atoms with Crippen LogP contribution in [0.1, 0.15) is 13.8 Å². The van der Waals surface area contributed by atoms with Crippen molar-refractivity contribution in [3.05, 3.63) is 78.9 Å². The number of benzene rings is 3. The fourth-order valence-electron chi connectivity index (χ4n) is 2.71. The third kappa shape index (κ3) is 9.05. The van der Waals surface area contributed by atoms with Crippen LogP contribution in [0.2, 0.25) is 0 Å². The van der Waals surface area contributed by atoms with Gasteiger partial charge < -0.3 is 19.4 Å². The van der Waals surface area contributed by atoms with Gasteiger partial charge in [0.25, 0.3) is 0 Å². The molecular weight excluding hydrogens is 511 g/mol. The highest BCUT2D eigenvalue weighted by molar-refractivity contribution is 5.51. The standard InChI is InChI=1S/C23H18F7NO4.C2H6/c24-21(25)23(29,30)34-18-10-5-11-19(13-18)35-31(14-20(32)22(26,27)28)15-6-4-9-17(12-15)33-16-7-2-1-3-8-16;1-2/h1-13,20-21,32H,14H2;1-2H3/t20-;/m1./s1. The third-order valence-electron chi connectivity index (χ3n) is 4.33. The van der Waals surface area contributed by atoms with Crippen molar-refractivity contribution in [2.24, 2.45) is 0 Å². The second kappa shape index (κ2) is 13.0. The summed E-state index contributed by atoms with van der Waals surface area (Å²) in [5.74, 6) is -0.378.